The van der Waals surface area contributed by atoms with Gasteiger partial charge in [-0.15, -0.1) is 0 Å². The number of ether oxygens (including phenoxy) is 1. The molecule has 4 nitrogen and oxygen atoms in total. The first-order valence-electron chi connectivity index (χ1n) is 7.50. The highest BCUT2D eigenvalue weighted by Crippen LogP contribution is 2.42. The lowest BCUT2D eigenvalue weighted by atomic mass is 9.90. The molecule has 1 aliphatic carbocycles. The summed E-state index contributed by atoms with van der Waals surface area (Å²) in [5.74, 6) is 0.621. The maximum Gasteiger partial charge on any atom is 0.410 e. The molecule has 1 atom stereocenters. The monoisotopic (exact) mass is 268 g/mol. The van der Waals surface area contributed by atoms with Crippen molar-refractivity contribution < 1.29 is 9.53 Å². The molecule has 1 aliphatic heterocycles. The minimum Gasteiger partial charge on any atom is -0.444 e. The summed E-state index contributed by atoms with van der Waals surface area (Å²) in [6.45, 7) is 7.47. The first-order chi connectivity index (χ1) is 8.84. The second kappa shape index (κ2) is 5.31. The van der Waals surface area contributed by atoms with Gasteiger partial charge < -0.3 is 15.0 Å². The molecule has 1 saturated heterocycles. The van der Waals surface area contributed by atoms with Gasteiger partial charge in [0.1, 0.15) is 5.60 Å². The molecule has 2 fully saturated rings. The topological polar surface area (TPSA) is 41.6 Å². The van der Waals surface area contributed by atoms with E-state index in [1.165, 1.54) is 25.7 Å². The Morgan fingerprint density at radius 1 is 1.42 bits per heavy atom. The van der Waals surface area contributed by atoms with Crippen LogP contribution in [0.3, 0.4) is 0 Å². The molecule has 110 valence electrons. The van der Waals surface area contributed by atoms with Crippen LogP contribution in [0.5, 0.6) is 0 Å². The third-order valence-electron chi connectivity index (χ3n) is 4.23. The molecule has 1 heterocycles. The second-order valence-electron chi connectivity index (χ2n) is 7.17. The third-order valence-corrected chi connectivity index (χ3v) is 4.23. The Bertz CT molecular complexity index is 332. The number of hydrogen-bond acceptors (Lipinski definition) is 3. The number of nitrogens with zero attached hydrogens (tertiary/aromatic N) is 1. The van der Waals surface area contributed by atoms with Crippen LogP contribution in [0.4, 0.5) is 4.79 Å². The van der Waals surface area contributed by atoms with E-state index >= 15 is 0 Å². The van der Waals surface area contributed by atoms with E-state index in [-0.39, 0.29) is 6.09 Å². The summed E-state index contributed by atoms with van der Waals surface area (Å²) in [6, 6.07) is 0. The summed E-state index contributed by atoms with van der Waals surface area (Å²) < 4.78 is 5.47. The van der Waals surface area contributed by atoms with Crippen molar-refractivity contribution in [3.05, 3.63) is 0 Å². The van der Waals surface area contributed by atoms with Crippen molar-refractivity contribution >= 4 is 6.09 Å². The molecule has 1 unspecified atom stereocenters. The molecule has 2 rings (SSSR count). The average molecular weight is 268 g/mol. The van der Waals surface area contributed by atoms with Gasteiger partial charge in [-0.1, -0.05) is 0 Å². The molecular formula is C15H28N2O2. The molecule has 0 bridgehead atoms. The van der Waals surface area contributed by atoms with Gasteiger partial charge in [0.05, 0.1) is 0 Å². The van der Waals surface area contributed by atoms with E-state index in [0.29, 0.717) is 11.5 Å². The molecular weight excluding hydrogens is 240 g/mol. The van der Waals surface area contributed by atoms with Crippen LogP contribution in [0.2, 0.25) is 0 Å². The Morgan fingerprint density at radius 2 is 2.11 bits per heavy atom. The van der Waals surface area contributed by atoms with E-state index in [4.69, 9.17) is 4.74 Å². The third kappa shape index (κ3) is 4.10. The van der Waals surface area contributed by atoms with Gasteiger partial charge in [0.15, 0.2) is 0 Å². The first kappa shape index (κ1) is 14.6. The lowest BCUT2D eigenvalue weighted by Crippen LogP contribution is -2.44. The normalized spacial score (nSPS) is 26.1. The summed E-state index contributed by atoms with van der Waals surface area (Å²) >= 11 is 0. The summed E-state index contributed by atoms with van der Waals surface area (Å²) in [5, 5.41) is 3.45. The van der Waals surface area contributed by atoms with Crippen molar-refractivity contribution in [2.24, 2.45) is 5.92 Å². The molecule has 0 aromatic heterocycles. The Morgan fingerprint density at radius 3 is 2.63 bits per heavy atom. The van der Waals surface area contributed by atoms with Crippen LogP contribution in [-0.2, 0) is 4.74 Å². The summed E-state index contributed by atoms with van der Waals surface area (Å²) in [7, 11) is 2.06. The first-order valence-corrected chi connectivity index (χ1v) is 7.50. The van der Waals surface area contributed by atoms with Crippen LogP contribution in [0, 0.1) is 5.92 Å². The minimum atomic E-state index is -0.396. The van der Waals surface area contributed by atoms with Gasteiger partial charge in [0.25, 0.3) is 0 Å². The molecule has 19 heavy (non-hydrogen) atoms. The predicted octanol–water partition coefficient (Wildman–Crippen LogP) is 2.78. The number of rotatable bonds is 3. The fourth-order valence-corrected chi connectivity index (χ4v) is 2.98. The van der Waals surface area contributed by atoms with Gasteiger partial charge in [-0.3, -0.25) is 0 Å². The number of piperidine rings is 1. The number of carbonyl (C=O) groups is 1. The van der Waals surface area contributed by atoms with Crippen LogP contribution in [-0.4, -0.2) is 42.3 Å². The van der Waals surface area contributed by atoms with Gasteiger partial charge in [0, 0.05) is 18.6 Å². The number of carbonyl (C=O) groups excluding carboxylic acids is 1. The van der Waals surface area contributed by atoms with Gasteiger partial charge in [-0.25, -0.2) is 4.79 Å². The highest BCUT2D eigenvalue weighted by Gasteiger charge is 2.43. The van der Waals surface area contributed by atoms with Crippen LogP contribution in [0.1, 0.15) is 52.9 Å². The van der Waals surface area contributed by atoms with E-state index in [1.807, 2.05) is 25.7 Å². The zero-order valence-electron chi connectivity index (χ0n) is 12.8. The Hall–Kier alpha value is -0.770. The van der Waals surface area contributed by atoms with Gasteiger partial charge >= 0.3 is 6.09 Å². The van der Waals surface area contributed by atoms with E-state index in [0.717, 1.165) is 19.5 Å². The SMILES string of the molecule is CNC1(CC2CCCN(C(=O)OC(C)(C)C)C2)CC1. The van der Waals surface area contributed by atoms with Crippen molar-refractivity contribution in [2.75, 3.05) is 20.1 Å². The molecule has 1 N–H and O–H groups in total. The number of nitrogens with one attached hydrogen (secondary N) is 1. The molecule has 4 heteroatoms. The van der Waals surface area contributed by atoms with Gasteiger partial charge in [-0.2, -0.15) is 0 Å². The van der Waals surface area contributed by atoms with Crippen LogP contribution in [0.15, 0.2) is 0 Å². The largest absolute Gasteiger partial charge is 0.444 e. The summed E-state index contributed by atoms with van der Waals surface area (Å²) in [5.41, 5.74) is -0.0195. The van der Waals surface area contributed by atoms with Crippen molar-refractivity contribution in [1.29, 1.82) is 0 Å². The van der Waals surface area contributed by atoms with Crippen molar-refractivity contribution in [3.8, 4) is 0 Å². The molecule has 1 amide bonds. The second-order valence-corrected chi connectivity index (χ2v) is 7.17. The minimum absolute atomic E-state index is 0.147. The summed E-state index contributed by atoms with van der Waals surface area (Å²) in [6.07, 6.45) is 5.96. The zero-order valence-corrected chi connectivity index (χ0v) is 12.8. The maximum absolute atomic E-state index is 12.1. The quantitative estimate of drug-likeness (QED) is 0.855. The van der Waals surface area contributed by atoms with Crippen LogP contribution >= 0.6 is 0 Å². The number of amides is 1. The molecule has 1 saturated carbocycles. The van der Waals surface area contributed by atoms with Crippen molar-refractivity contribution in [2.45, 2.75) is 64.0 Å². The lowest BCUT2D eigenvalue weighted by molar-refractivity contribution is 0.0154. The van der Waals surface area contributed by atoms with E-state index in [2.05, 4.69) is 12.4 Å². The van der Waals surface area contributed by atoms with E-state index < -0.39 is 5.60 Å². The Kier molecular flexibility index (Phi) is 4.09. The van der Waals surface area contributed by atoms with Crippen LogP contribution in [0.25, 0.3) is 0 Å². The molecule has 0 spiro atoms. The molecule has 0 aromatic rings. The highest BCUT2D eigenvalue weighted by molar-refractivity contribution is 5.68. The zero-order chi connectivity index (χ0) is 14.1. The smallest absolute Gasteiger partial charge is 0.410 e. The maximum atomic E-state index is 12.1. The van der Waals surface area contributed by atoms with Crippen molar-refractivity contribution in [1.82, 2.24) is 10.2 Å². The standard InChI is InChI=1S/C15H28N2O2/c1-14(2,3)19-13(18)17-9-5-6-12(11-17)10-15(16-4)7-8-15/h12,16H,5-11H2,1-4H3. The van der Waals surface area contributed by atoms with E-state index in [9.17, 15) is 4.79 Å². The Labute approximate surface area is 116 Å². The fourth-order valence-electron chi connectivity index (χ4n) is 2.98. The lowest BCUT2D eigenvalue weighted by Gasteiger charge is -2.35. The predicted molar refractivity (Wildman–Crippen MR) is 76.2 cm³/mol. The van der Waals surface area contributed by atoms with Crippen molar-refractivity contribution in [3.63, 3.8) is 0 Å². The Balaban J connectivity index is 1.85. The summed E-state index contributed by atoms with van der Waals surface area (Å²) in [4.78, 5) is 14.0. The van der Waals surface area contributed by atoms with E-state index in [1.54, 1.807) is 0 Å². The van der Waals surface area contributed by atoms with Gasteiger partial charge in [-0.05, 0) is 65.8 Å². The average Bonchev–Trinajstić information content (AvgIpc) is 3.08. The molecule has 0 aromatic carbocycles. The molecule has 0 radical (unpaired) electrons. The van der Waals surface area contributed by atoms with Crippen LogP contribution < -0.4 is 5.32 Å². The van der Waals surface area contributed by atoms with Gasteiger partial charge in [0.2, 0.25) is 0 Å². The molecule has 2 aliphatic rings. The highest BCUT2D eigenvalue weighted by atomic mass is 16.6. The fraction of sp³-hybridized carbons (Fsp3) is 0.933. The number of hydrogen-bond donors (Lipinski definition) is 1. The number of likely N-dealkylation sites (tertiary alicyclic amines) is 1.